The predicted octanol–water partition coefficient (Wildman–Crippen LogP) is 12.5. The van der Waals surface area contributed by atoms with Crippen molar-refractivity contribution in [3.8, 4) is 56.4 Å². The van der Waals surface area contributed by atoms with Crippen LogP contribution in [0.4, 0.5) is 0 Å². The smallest absolute Gasteiger partial charge is 0.160 e. The number of nitrogens with zero attached hydrogens (tertiary/aromatic N) is 2. The van der Waals surface area contributed by atoms with E-state index in [0.29, 0.717) is 5.82 Å². The van der Waals surface area contributed by atoms with Gasteiger partial charge in [0, 0.05) is 21.9 Å². The lowest BCUT2D eigenvalue weighted by Crippen LogP contribution is -2.14. The Morgan fingerprint density at radius 1 is 0.460 bits per heavy atom. The van der Waals surface area contributed by atoms with Crippen LogP contribution in [-0.4, -0.2) is 9.97 Å². The van der Waals surface area contributed by atoms with E-state index in [1.807, 2.05) is 36.4 Å². The third kappa shape index (κ3) is 4.37. The van der Waals surface area contributed by atoms with E-state index in [1.54, 1.807) is 0 Å². The van der Waals surface area contributed by atoms with Crippen molar-refractivity contribution in [2.24, 2.45) is 0 Å². The van der Waals surface area contributed by atoms with Crippen LogP contribution in [0, 0.1) is 0 Å². The molecule has 236 valence electrons. The number of aromatic nitrogens is 2. The third-order valence-corrected chi connectivity index (χ3v) is 10.5. The predicted molar refractivity (Wildman–Crippen MR) is 206 cm³/mol. The molecule has 7 aromatic carbocycles. The Morgan fingerprint density at radius 3 is 1.92 bits per heavy atom. The van der Waals surface area contributed by atoms with E-state index in [0.717, 1.165) is 44.6 Å². The molecule has 10 rings (SSSR count). The zero-order chi connectivity index (χ0) is 33.4. The summed E-state index contributed by atoms with van der Waals surface area (Å²) in [4.78, 5) is 10.2. The van der Waals surface area contributed by atoms with Crippen molar-refractivity contribution < 1.29 is 4.42 Å². The van der Waals surface area contributed by atoms with Crippen LogP contribution in [-0.2, 0) is 5.41 Å². The lowest BCUT2D eigenvalue weighted by atomic mass is 9.81. The highest BCUT2D eigenvalue weighted by atomic mass is 16.3. The van der Waals surface area contributed by atoms with Crippen LogP contribution in [0.3, 0.4) is 0 Å². The first-order chi connectivity index (χ1) is 24.5. The maximum Gasteiger partial charge on any atom is 0.160 e. The minimum Gasteiger partial charge on any atom is -0.454 e. The number of furan rings is 1. The van der Waals surface area contributed by atoms with Crippen LogP contribution >= 0.6 is 0 Å². The van der Waals surface area contributed by atoms with E-state index >= 15 is 0 Å². The Morgan fingerprint density at radius 2 is 1.12 bits per heavy atom. The van der Waals surface area contributed by atoms with Crippen molar-refractivity contribution in [1.29, 1.82) is 0 Å². The standard InChI is InChI=1S/C47H32N2O/c1-47(2)39-21-12-20-37(45(39)38-25-30-15-6-7-16-31(30)26-40(38)47)35-23-24-36(34-19-10-9-18-33(34)35)41-28-42(44-27-32-17-8-11-22-43(32)50-44)49-46(48-41)29-13-4-3-5-14-29/h3-28H,1-2H3. The molecule has 0 unspecified atom stereocenters. The Hall–Kier alpha value is -6.32. The second-order valence-electron chi connectivity index (χ2n) is 13.8. The molecule has 2 heterocycles. The summed E-state index contributed by atoms with van der Waals surface area (Å²) in [6.07, 6.45) is 0. The molecule has 3 nitrogen and oxygen atoms in total. The van der Waals surface area contributed by atoms with E-state index in [2.05, 4.69) is 135 Å². The minimum atomic E-state index is -0.109. The molecule has 3 heteroatoms. The number of para-hydroxylation sites is 1. The van der Waals surface area contributed by atoms with Crippen LogP contribution in [0.25, 0.3) is 88.9 Å². The minimum absolute atomic E-state index is 0.109. The SMILES string of the molecule is CC1(C)c2cc3ccccc3cc2-c2c(-c3ccc(-c4cc(-c5cc6ccccc6o5)nc(-c5ccccc5)n4)c4ccccc34)cccc21. The quantitative estimate of drug-likeness (QED) is 0.192. The molecule has 0 bridgehead atoms. The molecule has 1 aliphatic carbocycles. The molecule has 0 radical (unpaired) electrons. The van der Waals surface area contributed by atoms with Gasteiger partial charge in [0.15, 0.2) is 11.6 Å². The molecule has 0 N–H and O–H groups in total. The number of benzene rings is 7. The van der Waals surface area contributed by atoms with Crippen LogP contribution in [0.1, 0.15) is 25.0 Å². The van der Waals surface area contributed by atoms with E-state index < -0.39 is 0 Å². The summed E-state index contributed by atoms with van der Waals surface area (Å²) < 4.78 is 6.32. The van der Waals surface area contributed by atoms with Gasteiger partial charge in [0.1, 0.15) is 11.3 Å². The van der Waals surface area contributed by atoms with Gasteiger partial charge in [-0.3, -0.25) is 0 Å². The molecule has 0 aliphatic heterocycles. The van der Waals surface area contributed by atoms with Gasteiger partial charge in [0.2, 0.25) is 0 Å². The summed E-state index contributed by atoms with van der Waals surface area (Å²) in [7, 11) is 0. The highest BCUT2D eigenvalue weighted by Gasteiger charge is 2.37. The summed E-state index contributed by atoms with van der Waals surface area (Å²) in [6.45, 7) is 4.72. The number of hydrogen-bond donors (Lipinski definition) is 0. The molecule has 0 saturated heterocycles. The Balaban J connectivity index is 1.19. The van der Waals surface area contributed by atoms with Gasteiger partial charge in [-0.2, -0.15) is 0 Å². The van der Waals surface area contributed by atoms with Crippen molar-refractivity contribution in [2.75, 3.05) is 0 Å². The number of fused-ring (bicyclic) bond motifs is 6. The fourth-order valence-corrected chi connectivity index (χ4v) is 7.99. The van der Waals surface area contributed by atoms with Gasteiger partial charge in [-0.25, -0.2) is 9.97 Å². The third-order valence-electron chi connectivity index (χ3n) is 10.5. The molecule has 0 atom stereocenters. The monoisotopic (exact) mass is 640 g/mol. The molecule has 0 saturated carbocycles. The zero-order valence-corrected chi connectivity index (χ0v) is 27.8. The molecule has 1 aliphatic rings. The highest BCUT2D eigenvalue weighted by molar-refractivity contribution is 6.08. The molecule has 9 aromatic rings. The van der Waals surface area contributed by atoms with Crippen LogP contribution in [0.15, 0.2) is 162 Å². The molecule has 0 amide bonds. The number of rotatable bonds is 4. The largest absolute Gasteiger partial charge is 0.454 e. The van der Waals surface area contributed by atoms with E-state index in [-0.39, 0.29) is 5.41 Å². The first kappa shape index (κ1) is 28.7. The second-order valence-corrected chi connectivity index (χ2v) is 13.8. The van der Waals surface area contributed by atoms with Crippen molar-refractivity contribution in [2.45, 2.75) is 19.3 Å². The molecular formula is C47H32N2O. The zero-order valence-electron chi connectivity index (χ0n) is 27.8. The van der Waals surface area contributed by atoms with Gasteiger partial charge in [-0.05, 0) is 85.3 Å². The summed E-state index contributed by atoms with van der Waals surface area (Å²) in [5.41, 5.74) is 12.2. The van der Waals surface area contributed by atoms with E-state index in [1.165, 1.54) is 49.5 Å². The summed E-state index contributed by atoms with van der Waals surface area (Å²) in [5.74, 6) is 1.39. The topological polar surface area (TPSA) is 38.9 Å². The normalized spacial score (nSPS) is 13.2. The van der Waals surface area contributed by atoms with Crippen molar-refractivity contribution in [3.63, 3.8) is 0 Å². The van der Waals surface area contributed by atoms with Gasteiger partial charge < -0.3 is 4.42 Å². The van der Waals surface area contributed by atoms with Crippen molar-refractivity contribution in [3.05, 3.63) is 169 Å². The molecule has 2 aromatic heterocycles. The van der Waals surface area contributed by atoms with Crippen molar-refractivity contribution >= 4 is 32.5 Å². The maximum atomic E-state index is 6.32. The van der Waals surface area contributed by atoms with Crippen LogP contribution in [0.2, 0.25) is 0 Å². The first-order valence-electron chi connectivity index (χ1n) is 17.2. The summed E-state index contributed by atoms with van der Waals surface area (Å²) in [5, 5.41) is 5.93. The Bertz CT molecular complexity index is 2760. The Kier molecular flexibility index (Phi) is 6.22. The van der Waals surface area contributed by atoms with Gasteiger partial charge in [-0.1, -0.05) is 141 Å². The average molecular weight is 641 g/mol. The Labute approximate surface area is 290 Å². The molecule has 50 heavy (non-hydrogen) atoms. The maximum absolute atomic E-state index is 6.32. The lowest BCUT2D eigenvalue weighted by Gasteiger charge is -2.22. The van der Waals surface area contributed by atoms with Gasteiger partial charge in [-0.15, -0.1) is 0 Å². The fourth-order valence-electron chi connectivity index (χ4n) is 7.99. The molecule has 0 fully saturated rings. The first-order valence-corrected chi connectivity index (χ1v) is 17.2. The van der Waals surface area contributed by atoms with E-state index in [4.69, 9.17) is 14.4 Å². The summed E-state index contributed by atoms with van der Waals surface area (Å²) in [6, 6.07) is 55.9. The molecular weight excluding hydrogens is 609 g/mol. The van der Waals surface area contributed by atoms with Crippen molar-refractivity contribution in [1.82, 2.24) is 9.97 Å². The van der Waals surface area contributed by atoms with E-state index in [9.17, 15) is 0 Å². The number of hydrogen-bond acceptors (Lipinski definition) is 3. The average Bonchev–Trinajstić information content (AvgIpc) is 3.70. The van der Waals surface area contributed by atoms with Gasteiger partial charge >= 0.3 is 0 Å². The second kappa shape index (κ2) is 10.8. The summed E-state index contributed by atoms with van der Waals surface area (Å²) >= 11 is 0. The lowest BCUT2D eigenvalue weighted by molar-refractivity contribution is 0.628. The highest BCUT2D eigenvalue weighted by Crippen LogP contribution is 2.54. The molecule has 0 spiro atoms. The van der Waals surface area contributed by atoms with Gasteiger partial charge in [0.05, 0.1) is 5.69 Å². The van der Waals surface area contributed by atoms with Gasteiger partial charge in [0.25, 0.3) is 0 Å². The fraction of sp³-hybridized carbons (Fsp3) is 0.0638. The van der Waals surface area contributed by atoms with Crippen LogP contribution < -0.4 is 0 Å². The van der Waals surface area contributed by atoms with Crippen LogP contribution in [0.5, 0.6) is 0 Å².